The van der Waals surface area contributed by atoms with Crippen LogP contribution >= 0.6 is 23.3 Å². The Balaban J connectivity index is 1.18. The van der Waals surface area contributed by atoms with Gasteiger partial charge in [0.25, 0.3) is 0 Å². The number of para-hydroxylation sites is 1. The van der Waals surface area contributed by atoms with Crippen molar-refractivity contribution < 1.29 is 0 Å². The van der Waals surface area contributed by atoms with Gasteiger partial charge in [0.2, 0.25) is 0 Å². The number of aromatic nitrogens is 2. The lowest BCUT2D eigenvalue weighted by molar-refractivity contribution is 0.590. The Kier molecular flexibility index (Phi) is 6.17. The highest BCUT2D eigenvalue weighted by atomic mass is 32.2. The van der Waals surface area contributed by atoms with Gasteiger partial charge in [-0.25, -0.2) is 4.98 Å². The first-order chi connectivity index (χ1) is 21.2. The Labute approximate surface area is 267 Å². The first-order valence-electron chi connectivity index (χ1n) is 15.1. The lowest BCUT2D eigenvalue weighted by atomic mass is 9.82. The topological polar surface area (TPSA) is 29.0 Å². The Morgan fingerprint density at radius 3 is 2.18 bits per heavy atom. The Morgan fingerprint density at radius 1 is 0.659 bits per heavy atom. The lowest BCUT2D eigenvalue weighted by Gasteiger charge is -2.33. The average molecular weight is 608 g/mol. The summed E-state index contributed by atoms with van der Waals surface area (Å²) in [6.45, 7) is 11.4. The van der Waals surface area contributed by atoms with E-state index < -0.39 is 0 Å². The fourth-order valence-corrected chi connectivity index (χ4v) is 8.31. The van der Waals surface area contributed by atoms with Gasteiger partial charge in [-0.3, -0.25) is 0 Å². The molecule has 8 rings (SSSR count). The first kappa shape index (κ1) is 27.4. The van der Waals surface area contributed by atoms with Crippen molar-refractivity contribution in [3.63, 3.8) is 0 Å². The highest BCUT2D eigenvalue weighted by molar-refractivity contribution is 7.99. The maximum absolute atomic E-state index is 5.08. The molecule has 6 aromatic rings. The van der Waals surface area contributed by atoms with E-state index in [-0.39, 0.29) is 10.8 Å². The van der Waals surface area contributed by atoms with E-state index >= 15 is 0 Å². The molecule has 1 aromatic heterocycles. The minimum Gasteiger partial charge on any atom is -0.308 e. The summed E-state index contributed by atoms with van der Waals surface area (Å²) in [5.74, 6) is 0.765. The smallest absolute Gasteiger partial charge is 0.173 e. The first-order valence-corrected chi connectivity index (χ1v) is 16.7. The molecule has 0 N–H and O–H groups in total. The number of hydrogen-bond acceptors (Lipinski definition) is 5. The molecule has 2 heterocycles. The van der Waals surface area contributed by atoms with Gasteiger partial charge in [0.05, 0.1) is 11.4 Å². The van der Waals surface area contributed by atoms with Crippen molar-refractivity contribution in [2.24, 2.45) is 0 Å². The van der Waals surface area contributed by atoms with Gasteiger partial charge in [-0.05, 0) is 93.3 Å². The fourth-order valence-electron chi connectivity index (χ4n) is 6.59. The summed E-state index contributed by atoms with van der Waals surface area (Å²) in [5, 5.41) is 0.942. The summed E-state index contributed by atoms with van der Waals surface area (Å²) < 4.78 is 4.86. The zero-order valence-electron chi connectivity index (χ0n) is 25.6. The maximum Gasteiger partial charge on any atom is 0.173 e. The van der Waals surface area contributed by atoms with E-state index in [1.807, 2.05) is 11.8 Å². The molecule has 0 unspecified atom stereocenters. The van der Waals surface area contributed by atoms with Gasteiger partial charge < -0.3 is 4.90 Å². The predicted octanol–water partition coefficient (Wildman–Crippen LogP) is 11.4. The van der Waals surface area contributed by atoms with Crippen molar-refractivity contribution in [3.8, 4) is 33.1 Å². The van der Waals surface area contributed by atoms with Gasteiger partial charge in [0.1, 0.15) is 5.01 Å². The Hall–Kier alpha value is -4.19. The second-order valence-electron chi connectivity index (χ2n) is 13.2. The van der Waals surface area contributed by atoms with Crippen LogP contribution in [0.5, 0.6) is 0 Å². The highest BCUT2D eigenvalue weighted by Gasteiger charge is 2.35. The van der Waals surface area contributed by atoms with Crippen LogP contribution in [-0.4, -0.2) is 9.36 Å². The van der Waals surface area contributed by atoms with E-state index in [0.29, 0.717) is 0 Å². The monoisotopic (exact) mass is 607 g/mol. The van der Waals surface area contributed by atoms with Gasteiger partial charge in [-0.15, -0.1) is 0 Å². The van der Waals surface area contributed by atoms with Gasteiger partial charge in [0, 0.05) is 32.0 Å². The van der Waals surface area contributed by atoms with E-state index in [9.17, 15) is 0 Å². The lowest BCUT2D eigenvalue weighted by Crippen LogP contribution is -2.16. The zero-order chi connectivity index (χ0) is 30.2. The van der Waals surface area contributed by atoms with Gasteiger partial charge >= 0.3 is 0 Å². The number of fused-ring (bicyclic) bond motifs is 5. The molecule has 0 fully saturated rings. The molecule has 0 atom stereocenters. The van der Waals surface area contributed by atoms with Crippen molar-refractivity contribution in [3.05, 3.63) is 126 Å². The minimum atomic E-state index is -0.00452. The molecular weight excluding hydrogens is 575 g/mol. The van der Waals surface area contributed by atoms with Crippen molar-refractivity contribution in [1.82, 2.24) is 9.36 Å². The van der Waals surface area contributed by atoms with Crippen molar-refractivity contribution in [1.29, 1.82) is 0 Å². The third-order valence-corrected chi connectivity index (χ3v) is 10.9. The summed E-state index contributed by atoms with van der Waals surface area (Å²) in [6, 6.07) is 39.9. The van der Waals surface area contributed by atoms with Crippen LogP contribution in [0.1, 0.15) is 51.3 Å². The van der Waals surface area contributed by atoms with Crippen LogP contribution in [0.15, 0.2) is 119 Å². The van der Waals surface area contributed by atoms with Crippen LogP contribution in [0.2, 0.25) is 0 Å². The second kappa shape index (κ2) is 9.91. The zero-order valence-corrected chi connectivity index (χ0v) is 27.2. The van der Waals surface area contributed by atoms with E-state index in [1.165, 1.54) is 54.8 Å². The van der Waals surface area contributed by atoms with E-state index in [0.717, 1.165) is 33.3 Å². The Morgan fingerprint density at radius 2 is 1.36 bits per heavy atom. The summed E-state index contributed by atoms with van der Waals surface area (Å²) in [7, 11) is 0. The number of nitrogens with zero attached hydrogens (tertiary/aromatic N) is 3. The maximum atomic E-state index is 5.08. The molecule has 216 valence electrons. The molecule has 0 bridgehead atoms. The summed E-state index contributed by atoms with van der Waals surface area (Å²) in [5.41, 5.74) is 12.4. The van der Waals surface area contributed by atoms with Gasteiger partial charge in [-0.1, -0.05) is 107 Å². The molecule has 5 aromatic carbocycles. The molecule has 3 nitrogen and oxygen atoms in total. The van der Waals surface area contributed by atoms with Crippen LogP contribution in [-0.2, 0) is 10.8 Å². The summed E-state index contributed by atoms with van der Waals surface area (Å²) in [4.78, 5) is 9.94. The number of rotatable bonds is 3. The minimum absolute atomic E-state index is 0.00452. The van der Waals surface area contributed by atoms with Gasteiger partial charge in [0.15, 0.2) is 5.82 Å². The molecule has 44 heavy (non-hydrogen) atoms. The van der Waals surface area contributed by atoms with Crippen LogP contribution in [0.25, 0.3) is 33.1 Å². The third-order valence-electron chi connectivity index (χ3n) is 9.03. The quantitative estimate of drug-likeness (QED) is 0.200. The molecule has 0 amide bonds. The summed E-state index contributed by atoms with van der Waals surface area (Å²) in [6.07, 6.45) is 0. The molecule has 0 saturated heterocycles. The Bertz CT molecular complexity index is 2060. The number of anilines is 3. The molecule has 0 spiro atoms. The van der Waals surface area contributed by atoms with Crippen LogP contribution in [0.4, 0.5) is 17.1 Å². The summed E-state index contributed by atoms with van der Waals surface area (Å²) >= 11 is 3.29. The molecule has 1 aliphatic carbocycles. The SMILES string of the molecule is CC(C)(C)c1ccc(N2c3ccccc3Sc3ccc(-c4nsc(-c5ccc6c(c5)-c5ccccc5C6(C)C)n4)cc32)cc1. The molecule has 0 radical (unpaired) electrons. The van der Waals surface area contributed by atoms with Crippen molar-refractivity contribution in [2.45, 2.75) is 55.2 Å². The van der Waals surface area contributed by atoms with Gasteiger partial charge in [-0.2, -0.15) is 4.37 Å². The fraction of sp³-hybridized carbons (Fsp3) is 0.179. The van der Waals surface area contributed by atoms with Crippen LogP contribution in [0.3, 0.4) is 0 Å². The van der Waals surface area contributed by atoms with E-state index in [4.69, 9.17) is 9.36 Å². The third kappa shape index (κ3) is 4.33. The molecule has 2 aliphatic rings. The van der Waals surface area contributed by atoms with Crippen molar-refractivity contribution in [2.75, 3.05) is 4.90 Å². The number of hydrogen-bond donors (Lipinski definition) is 0. The van der Waals surface area contributed by atoms with E-state index in [1.54, 1.807) is 0 Å². The standard InChI is InChI=1S/C39H33N3S2/c1-38(2,3)26-16-18-27(19-17-26)42-32-12-8-9-13-34(32)43-35-21-15-24(23-33(35)42)36-40-37(44-41-36)25-14-20-31-29(22-25)28-10-6-7-11-30(28)39(31,4)5/h6-23H,1-5H3. The normalized spacial score (nSPS) is 14.5. The largest absolute Gasteiger partial charge is 0.308 e. The highest BCUT2D eigenvalue weighted by Crippen LogP contribution is 2.53. The molecule has 1 aliphatic heterocycles. The second-order valence-corrected chi connectivity index (χ2v) is 15.1. The molecular formula is C39H33N3S2. The molecule has 0 saturated carbocycles. The predicted molar refractivity (Wildman–Crippen MR) is 186 cm³/mol. The van der Waals surface area contributed by atoms with E-state index in [2.05, 4.69) is 149 Å². The van der Waals surface area contributed by atoms with Crippen LogP contribution in [0, 0.1) is 0 Å². The van der Waals surface area contributed by atoms with Crippen molar-refractivity contribution >= 4 is 40.4 Å². The molecule has 5 heteroatoms. The van der Waals surface area contributed by atoms with Crippen LogP contribution < -0.4 is 4.90 Å². The average Bonchev–Trinajstić information content (AvgIpc) is 3.61. The number of benzene rings is 5.